The van der Waals surface area contributed by atoms with Crippen LogP contribution in [0.4, 0.5) is 5.82 Å². The first-order valence-corrected chi connectivity index (χ1v) is 8.56. The minimum absolute atomic E-state index is 0.0422. The summed E-state index contributed by atoms with van der Waals surface area (Å²) >= 11 is 5.76. The molecule has 0 radical (unpaired) electrons. The molecule has 1 aliphatic heterocycles. The van der Waals surface area contributed by atoms with Gasteiger partial charge in [-0.25, -0.2) is 0 Å². The third-order valence-corrected chi connectivity index (χ3v) is 4.49. The Hall–Kier alpha value is -2.08. The molecule has 0 aliphatic carbocycles. The molecule has 1 unspecified atom stereocenters. The molecule has 3 heterocycles. The topological polar surface area (TPSA) is 71.3 Å². The number of aromatic nitrogens is 2. The zero-order valence-corrected chi connectivity index (χ0v) is 14.4. The molecule has 1 atom stereocenters. The fourth-order valence-corrected chi connectivity index (χ4v) is 3.09. The third-order valence-electron chi connectivity index (χ3n) is 4.28. The number of rotatable bonds is 5. The van der Waals surface area contributed by atoms with Crippen molar-refractivity contribution >= 4 is 23.3 Å². The number of amides is 1. The standard InChI is InChI=1S/C17H21ClN4O2/c1-12(11-14-3-2-10-24-14)19-17(23)13-6-8-22(9-7-13)16-5-4-15(18)20-21-16/h2-5,10,12-13H,6-9,11H2,1H3,(H,19,23). The van der Waals surface area contributed by atoms with Gasteiger partial charge in [-0.1, -0.05) is 11.6 Å². The van der Waals surface area contributed by atoms with Crippen molar-refractivity contribution < 1.29 is 9.21 Å². The number of carbonyl (C=O) groups excluding carboxylic acids is 1. The molecule has 0 spiro atoms. The van der Waals surface area contributed by atoms with E-state index in [0.717, 1.165) is 37.5 Å². The van der Waals surface area contributed by atoms with Crippen LogP contribution >= 0.6 is 11.6 Å². The second-order valence-corrected chi connectivity index (χ2v) is 6.56. The maximum atomic E-state index is 12.4. The summed E-state index contributed by atoms with van der Waals surface area (Å²) in [6.45, 7) is 3.58. The molecule has 0 bridgehead atoms. The number of furan rings is 1. The van der Waals surface area contributed by atoms with Gasteiger partial charge < -0.3 is 14.6 Å². The lowest BCUT2D eigenvalue weighted by Crippen LogP contribution is -2.43. The van der Waals surface area contributed by atoms with E-state index in [2.05, 4.69) is 20.4 Å². The molecule has 0 aromatic carbocycles. The van der Waals surface area contributed by atoms with E-state index < -0.39 is 0 Å². The van der Waals surface area contributed by atoms with E-state index in [-0.39, 0.29) is 17.9 Å². The molecular formula is C17H21ClN4O2. The number of nitrogens with one attached hydrogen (secondary N) is 1. The SMILES string of the molecule is CC(Cc1ccco1)NC(=O)C1CCN(c2ccc(Cl)nn2)CC1. The molecular weight excluding hydrogens is 328 g/mol. The molecule has 1 amide bonds. The summed E-state index contributed by atoms with van der Waals surface area (Å²) in [4.78, 5) is 14.6. The predicted octanol–water partition coefficient (Wildman–Crippen LogP) is 2.69. The maximum Gasteiger partial charge on any atom is 0.223 e. The van der Waals surface area contributed by atoms with Crippen molar-refractivity contribution in [1.82, 2.24) is 15.5 Å². The first-order chi connectivity index (χ1) is 11.6. The van der Waals surface area contributed by atoms with Crippen LogP contribution in [0.5, 0.6) is 0 Å². The van der Waals surface area contributed by atoms with Crippen LogP contribution in [0.2, 0.25) is 5.15 Å². The highest BCUT2D eigenvalue weighted by Gasteiger charge is 2.26. The first-order valence-electron chi connectivity index (χ1n) is 8.19. The van der Waals surface area contributed by atoms with Gasteiger partial charge in [0.05, 0.1) is 6.26 Å². The maximum absolute atomic E-state index is 12.4. The van der Waals surface area contributed by atoms with Gasteiger partial charge in [-0.2, -0.15) is 0 Å². The highest BCUT2D eigenvalue weighted by atomic mass is 35.5. The average Bonchev–Trinajstić information content (AvgIpc) is 3.08. The van der Waals surface area contributed by atoms with Crippen LogP contribution in [0.25, 0.3) is 0 Å². The Balaban J connectivity index is 1.47. The van der Waals surface area contributed by atoms with E-state index in [0.29, 0.717) is 11.6 Å². The van der Waals surface area contributed by atoms with Crippen molar-refractivity contribution in [2.24, 2.45) is 5.92 Å². The third kappa shape index (κ3) is 4.26. The Bertz CT molecular complexity index is 652. The number of piperidine rings is 1. The lowest BCUT2D eigenvalue weighted by molar-refractivity contribution is -0.126. The summed E-state index contributed by atoms with van der Waals surface area (Å²) in [5, 5.41) is 11.4. The monoisotopic (exact) mass is 348 g/mol. The Morgan fingerprint density at radius 2 is 2.17 bits per heavy atom. The molecule has 24 heavy (non-hydrogen) atoms. The quantitative estimate of drug-likeness (QED) is 0.899. The Morgan fingerprint density at radius 1 is 1.38 bits per heavy atom. The van der Waals surface area contributed by atoms with Crippen LogP contribution in [0.15, 0.2) is 34.9 Å². The zero-order chi connectivity index (χ0) is 16.9. The van der Waals surface area contributed by atoms with Gasteiger partial charge in [0.15, 0.2) is 11.0 Å². The van der Waals surface area contributed by atoms with E-state index in [4.69, 9.17) is 16.0 Å². The summed E-state index contributed by atoms with van der Waals surface area (Å²) in [5.74, 6) is 1.86. The Labute approximate surface area is 146 Å². The first kappa shape index (κ1) is 16.8. The van der Waals surface area contributed by atoms with Crippen LogP contribution in [0.3, 0.4) is 0 Å². The van der Waals surface area contributed by atoms with Crippen LogP contribution in [0.1, 0.15) is 25.5 Å². The van der Waals surface area contributed by atoms with Gasteiger partial charge in [0.1, 0.15) is 5.76 Å². The van der Waals surface area contributed by atoms with Gasteiger partial charge in [-0.3, -0.25) is 4.79 Å². The highest BCUT2D eigenvalue weighted by Crippen LogP contribution is 2.22. The lowest BCUT2D eigenvalue weighted by Gasteiger charge is -2.32. The number of halogens is 1. The average molecular weight is 349 g/mol. The number of hydrogen-bond acceptors (Lipinski definition) is 5. The van der Waals surface area contributed by atoms with Crippen molar-refractivity contribution in [3.05, 3.63) is 41.4 Å². The van der Waals surface area contributed by atoms with E-state index in [9.17, 15) is 4.79 Å². The molecule has 1 aliphatic rings. The predicted molar refractivity (Wildman–Crippen MR) is 92.0 cm³/mol. The number of nitrogens with zero attached hydrogens (tertiary/aromatic N) is 3. The molecule has 7 heteroatoms. The van der Waals surface area contributed by atoms with Crippen LogP contribution in [-0.2, 0) is 11.2 Å². The fourth-order valence-electron chi connectivity index (χ4n) is 2.99. The van der Waals surface area contributed by atoms with Gasteiger partial charge in [0.2, 0.25) is 5.91 Å². The van der Waals surface area contributed by atoms with E-state index >= 15 is 0 Å². The van der Waals surface area contributed by atoms with E-state index in [1.807, 2.05) is 25.1 Å². The van der Waals surface area contributed by atoms with Crippen LogP contribution < -0.4 is 10.2 Å². The van der Waals surface area contributed by atoms with Crippen molar-refractivity contribution in [3.63, 3.8) is 0 Å². The molecule has 0 saturated carbocycles. The minimum Gasteiger partial charge on any atom is -0.469 e. The van der Waals surface area contributed by atoms with Crippen molar-refractivity contribution in [3.8, 4) is 0 Å². The molecule has 1 saturated heterocycles. The van der Waals surface area contributed by atoms with Gasteiger partial charge >= 0.3 is 0 Å². The van der Waals surface area contributed by atoms with Crippen molar-refractivity contribution in [2.45, 2.75) is 32.2 Å². The number of carbonyl (C=O) groups is 1. The summed E-state index contributed by atoms with van der Waals surface area (Å²) in [5.41, 5.74) is 0. The molecule has 2 aromatic heterocycles. The van der Waals surface area contributed by atoms with E-state index in [1.54, 1.807) is 12.3 Å². The van der Waals surface area contributed by atoms with E-state index in [1.165, 1.54) is 0 Å². The second-order valence-electron chi connectivity index (χ2n) is 6.17. The highest BCUT2D eigenvalue weighted by molar-refractivity contribution is 6.29. The molecule has 1 fully saturated rings. The largest absolute Gasteiger partial charge is 0.469 e. The number of hydrogen-bond donors (Lipinski definition) is 1. The van der Waals surface area contributed by atoms with Gasteiger partial charge in [0.25, 0.3) is 0 Å². The summed E-state index contributed by atoms with van der Waals surface area (Å²) in [7, 11) is 0. The molecule has 2 aromatic rings. The fraction of sp³-hybridized carbons (Fsp3) is 0.471. The van der Waals surface area contributed by atoms with Gasteiger partial charge in [0, 0.05) is 31.5 Å². The zero-order valence-electron chi connectivity index (χ0n) is 13.6. The lowest BCUT2D eigenvalue weighted by atomic mass is 9.95. The Morgan fingerprint density at radius 3 is 2.79 bits per heavy atom. The van der Waals surface area contributed by atoms with Gasteiger partial charge in [-0.15, -0.1) is 10.2 Å². The van der Waals surface area contributed by atoms with Crippen molar-refractivity contribution in [1.29, 1.82) is 0 Å². The van der Waals surface area contributed by atoms with Crippen LogP contribution in [-0.4, -0.2) is 35.2 Å². The summed E-state index contributed by atoms with van der Waals surface area (Å²) < 4.78 is 5.32. The summed E-state index contributed by atoms with van der Waals surface area (Å²) in [6.07, 6.45) is 3.98. The minimum atomic E-state index is 0.0422. The smallest absolute Gasteiger partial charge is 0.223 e. The Kier molecular flexibility index (Phi) is 5.35. The summed E-state index contributed by atoms with van der Waals surface area (Å²) in [6, 6.07) is 7.44. The molecule has 1 N–H and O–H groups in total. The van der Waals surface area contributed by atoms with Crippen LogP contribution in [0, 0.1) is 5.92 Å². The molecule has 3 rings (SSSR count). The normalized spacial score (nSPS) is 16.8. The molecule has 6 nitrogen and oxygen atoms in total. The number of anilines is 1. The van der Waals surface area contributed by atoms with Gasteiger partial charge in [-0.05, 0) is 44.0 Å². The second kappa shape index (κ2) is 7.66. The van der Waals surface area contributed by atoms with Crippen molar-refractivity contribution in [2.75, 3.05) is 18.0 Å². The molecule has 128 valence electrons.